The number of halogens is 5. The summed E-state index contributed by atoms with van der Waals surface area (Å²) in [6.45, 7) is 5.33. The number of hydrogen-bond acceptors (Lipinski definition) is 0. The van der Waals surface area contributed by atoms with Crippen molar-refractivity contribution in [2.45, 2.75) is 124 Å². The van der Waals surface area contributed by atoms with Crippen molar-refractivity contribution < 1.29 is 22.0 Å². The van der Waals surface area contributed by atoms with Gasteiger partial charge in [-0.1, -0.05) is 51.4 Å². The second-order valence-electron chi connectivity index (χ2n) is 14.9. The maximum absolute atomic E-state index is 14.0. The molecule has 5 heteroatoms. The Kier molecular flexibility index (Phi) is 11.3. The minimum atomic E-state index is -2.25. The summed E-state index contributed by atoms with van der Waals surface area (Å²) >= 11 is 0. The Bertz CT molecular complexity index is 1240. The highest BCUT2D eigenvalue weighted by Crippen LogP contribution is 2.43. The highest BCUT2D eigenvalue weighted by Gasteiger charge is 2.30. The van der Waals surface area contributed by atoms with Gasteiger partial charge in [-0.05, 0) is 154 Å². The first-order valence-electron chi connectivity index (χ1n) is 17.3. The van der Waals surface area contributed by atoms with E-state index < -0.39 is 23.5 Å². The van der Waals surface area contributed by atoms with Crippen LogP contribution in [0.15, 0.2) is 30.3 Å². The summed E-state index contributed by atoms with van der Waals surface area (Å²) < 4.78 is 67.2. The molecule has 2 aromatic rings. The summed E-state index contributed by atoms with van der Waals surface area (Å²) in [4.78, 5) is 0. The molecule has 0 saturated heterocycles. The zero-order chi connectivity index (χ0) is 31.4. The second kappa shape index (κ2) is 14.9. The van der Waals surface area contributed by atoms with Crippen LogP contribution in [0, 0.1) is 67.9 Å². The van der Waals surface area contributed by atoms with Crippen molar-refractivity contribution in [3.8, 4) is 0 Å². The van der Waals surface area contributed by atoms with Crippen LogP contribution in [0.2, 0.25) is 0 Å². The fourth-order valence-electron chi connectivity index (χ4n) is 8.98. The van der Waals surface area contributed by atoms with Crippen LogP contribution in [0.5, 0.6) is 0 Å². The lowest BCUT2D eigenvalue weighted by atomic mass is 9.69. The maximum atomic E-state index is 14.0. The van der Waals surface area contributed by atoms with E-state index in [0.29, 0.717) is 11.8 Å². The fourth-order valence-corrected chi connectivity index (χ4v) is 8.98. The number of rotatable bonds is 9. The summed E-state index contributed by atoms with van der Waals surface area (Å²) in [5.41, 5.74) is 3.95. The first-order valence-corrected chi connectivity index (χ1v) is 17.3. The van der Waals surface area contributed by atoms with E-state index in [4.69, 9.17) is 0 Å². The molecular weight excluding hydrogens is 563 g/mol. The van der Waals surface area contributed by atoms with Gasteiger partial charge in [0.1, 0.15) is 11.6 Å². The topological polar surface area (TPSA) is 0 Å². The van der Waals surface area contributed by atoms with E-state index >= 15 is 0 Å². The largest absolute Gasteiger partial charge is 0.306 e. The molecule has 0 spiro atoms. The van der Waals surface area contributed by atoms with Gasteiger partial charge in [0.2, 0.25) is 0 Å². The number of hydrogen-bond donors (Lipinski definition) is 0. The minimum absolute atomic E-state index is 0.0129. The average Bonchev–Trinajstić information content (AvgIpc) is 3.00. The van der Waals surface area contributed by atoms with Crippen molar-refractivity contribution in [3.63, 3.8) is 0 Å². The van der Waals surface area contributed by atoms with Crippen LogP contribution in [0.3, 0.4) is 0 Å². The summed E-state index contributed by atoms with van der Waals surface area (Å²) in [6.07, 6.45) is 17.7. The van der Waals surface area contributed by atoms with Crippen molar-refractivity contribution in [1.29, 1.82) is 0 Å². The average molecular weight is 615 g/mol. The highest BCUT2D eigenvalue weighted by molar-refractivity contribution is 5.62. The molecule has 0 heterocycles. The highest BCUT2D eigenvalue weighted by atomic mass is 19.3. The third kappa shape index (κ3) is 8.55. The summed E-state index contributed by atoms with van der Waals surface area (Å²) in [6, 6.07) is 6.20. The molecule has 0 aliphatic heterocycles. The number of benzene rings is 2. The molecule has 242 valence electrons. The standard InChI is InChI=1S/C39H51F5/c1-24-16-34(38(42)39(43)44)17-25(2)35(24)21-32-14-12-30(13-15-32)19-28-6-4-27(5-7-28)18-29-8-10-31(11-9-29)20-33-22-36(40)26(3)37(41)23-33/h16-17,22-23,27-32H,4-15,18-21H2,1-3H3. The van der Waals surface area contributed by atoms with E-state index in [1.807, 2.05) is 13.8 Å². The van der Waals surface area contributed by atoms with Gasteiger partial charge in [-0.25, -0.2) is 13.2 Å². The molecule has 0 unspecified atom stereocenters. The van der Waals surface area contributed by atoms with Gasteiger partial charge in [0.25, 0.3) is 0 Å². The molecule has 2 aromatic carbocycles. The summed E-state index contributed by atoms with van der Waals surface area (Å²) in [5.74, 6) is 2.30. The van der Waals surface area contributed by atoms with Gasteiger partial charge in [-0.2, -0.15) is 8.78 Å². The third-order valence-corrected chi connectivity index (χ3v) is 11.7. The van der Waals surface area contributed by atoms with Gasteiger partial charge in [0.05, 0.1) is 0 Å². The first kappa shape index (κ1) is 33.2. The van der Waals surface area contributed by atoms with Gasteiger partial charge in [0, 0.05) is 11.1 Å². The first-order chi connectivity index (χ1) is 21.0. The van der Waals surface area contributed by atoms with Crippen LogP contribution < -0.4 is 0 Å². The Morgan fingerprint density at radius 3 is 1.30 bits per heavy atom. The van der Waals surface area contributed by atoms with Crippen molar-refractivity contribution in [3.05, 3.63) is 75.4 Å². The van der Waals surface area contributed by atoms with E-state index in [1.165, 1.54) is 115 Å². The molecular formula is C39H51F5. The van der Waals surface area contributed by atoms with E-state index in [2.05, 4.69) is 0 Å². The monoisotopic (exact) mass is 614 g/mol. The van der Waals surface area contributed by atoms with Crippen LogP contribution in [0.25, 0.3) is 5.83 Å². The van der Waals surface area contributed by atoms with Gasteiger partial charge < -0.3 is 0 Å². The third-order valence-electron chi connectivity index (χ3n) is 11.7. The lowest BCUT2D eigenvalue weighted by Gasteiger charge is -2.36. The van der Waals surface area contributed by atoms with Crippen molar-refractivity contribution in [1.82, 2.24) is 0 Å². The molecule has 0 aromatic heterocycles. The van der Waals surface area contributed by atoms with Crippen molar-refractivity contribution >= 4 is 5.83 Å². The molecule has 44 heavy (non-hydrogen) atoms. The molecule has 3 saturated carbocycles. The van der Waals surface area contributed by atoms with Crippen LogP contribution in [0.4, 0.5) is 22.0 Å². The maximum Gasteiger partial charge on any atom is 0.306 e. The Morgan fingerprint density at radius 2 is 0.909 bits per heavy atom. The lowest BCUT2D eigenvalue weighted by molar-refractivity contribution is 0.164. The van der Waals surface area contributed by atoms with Crippen LogP contribution >= 0.6 is 0 Å². The summed E-state index contributed by atoms with van der Waals surface area (Å²) in [7, 11) is 0. The van der Waals surface area contributed by atoms with E-state index in [0.717, 1.165) is 53.2 Å². The molecule has 0 bridgehead atoms. The smallest absolute Gasteiger partial charge is 0.207 e. The van der Waals surface area contributed by atoms with Crippen molar-refractivity contribution in [2.75, 3.05) is 0 Å². The minimum Gasteiger partial charge on any atom is -0.207 e. The fraction of sp³-hybridized carbons (Fsp3) is 0.641. The van der Waals surface area contributed by atoms with Crippen LogP contribution in [-0.4, -0.2) is 0 Å². The van der Waals surface area contributed by atoms with E-state index in [1.54, 1.807) is 12.1 Å². The van der Waals surface area contributed by atoms with E-state index in [9.17, 15) is 22.0 Å². The summed E-state index contributed by atoms with van der Waals surface area (Å²) in [5, 5.41) is 0. The molecule has 3 aliphatic carbocycles. The quantitative estimate of drug-likeness (QED) is 0.247. The molecule has 0 atom stereocenters. The Hall–Kier alpha value is -2.17. The van der Waals surface area contributed by atoms with Crippen molar-refractivity contribution in [2.24, 2.45) is 35.5 Å². The van der Waals surface area contributed by atoms with Gasteiger partial charge in [0.15, 0.2) is 5.83 Å². The molecule has 0 nitrogen and oxygen atoms in total. The van der Waals surface area contributed by atoms with Gasteiger partial charge >= 0.3 is 6.08 Å². The van der Waals surface area contributed by atoms with Gasteiger partial charge in [-0.15, -0.1) is 0 Å². The zero-order valence-corrected chi connectivity index (χ0v) is 27.0. The molecule has 3 fully saturated rings. The van der Waals surface area contributed by atoms with Gasteiger partial charge in [-0.3, -0.25) is 0 Å². The predicted octanol–water partition coefficient (Wildman–Crippen LogP) is 12.4. The van der Waals surface area contributed by atoms with E-state index in [-0.39, 0.29) is 11.1 Å². The molecule has 5 rings (SSSR count). The zero-order valence-electron chi connectivity index (χ0n) is 27.0. The molecule has 3 aliphatic rings. The lowest BCUT2D eigenvalue weighted by Crippen LogP contribution is -2.24. The second-order valence-corrected chi connectivity index (χ2v) is 14.9. The Labute approximate surface area is 261 Å². The Morgan fingerprint density at radius 1 is 0.545 bits per heavy atom. The molecule has 0 amide bonds. The molecule has 0 N–H and O–H groups in total. The van der Waals surface area contributed by atoms with Crippen LogP contribution in [0.1, 0.15) is 123 Å². The van der Waals surface area contributed by atoms with Crippen LogP contribution in [-0.2, 0) is 12.8 Å². The normalized spacial score (nSPS) is 27.7. The number of aryl methyl sites for hydroxylation is 2. The SMILES string of the molecule is Cc1cc(C(F)=C(F)F)cc(C)c1CC1CCC(CC2CCC(CC3CCC(Cc4cc(F)c(C)c(F)c4)CC3)CC2)CC1. The predicted molar refractivity (Wildman–Crippen MR) is 170 cm³/mol. The Balaban J connectivity index is 0.987. The molecule has 0 radical (unpaired) electrons.